The molecule has 98 valence electrons. The highest BCUT2D eigenvalue weighted by molar-refractivity contribution is 8.00. The molecular formula is C14H20N2OS. The van der Waals surface area contributed by atoms with Gasteiger partial charge in [-0.2, -0.15) is 0 Å². The number of hydrogen-bond acceptors (Lipinski definition) is 4. The van der Waals surface area contributed by atoms with E-state index in [-0.39, 0.29) is 0 Å². The second-order valence-electron chi connectivity index (χ2n) is 5.14. The Morgan fingerprint density at radius 2 is 2.39 bits per heavy atom. The molecule has 1 aliphatic carbocycles. The molecule has 0 spiro atoms. The fraction of sp³-hybridized carbons (Fsp3) is 0.643. The van der Waals surface area contributed by atoms with Crippen molar-refractivity contribution in [3.63, 3.8) is 0 Å². The summed E-state index contributed by atoms with van der Waals surface area (Å²) in [5.74, 6) is 0. The number of hydrogen-bond donors (Lipinski definition) is 1. The van der Waals surface area contributed by atoms with Crippen LogP contribution in [0.4, 0.5) is 0 Å². The Morgan fingerprint density at radius 1 is 1.50 bits per heavy atom. The van der Waals surface area contributed by atoms with Crippen LogP contribution in [0.15, 0.2) is 11.1 Å². The first-order chi connectivity index (χ1) is 8.78. The fourth-order valence-corrected chi connectivity index (χ4v) is 3.99. The summed E-state index contributed by atoms with van der Waals surface area (Å²) in [7, 11) is 0. The number of aryl methyl sites for hydroxylation is 2. The summed E-state index contributed by atoms with van der Waals surface area (Å²) in [6.45, 7) is 3.62. The zero-order valence-corrected chi connectivity index (χ0v) is 11.6. The van der Waals surface area contributed by atoms with E-state index >= 15 is 0 Å². The average Bonchev–Trinajstić information content (AvgIpc) is 2.98. The molecule has 2 heterocycles. The third kappa shape index (κ3) is 2.29. The van der Waals surface area contributed by atoms with Crippen LogP contribution in [0, 0.1) is 0 Å². The Bertz CT molecular complexity index is 450. The largest absolute Gasteiger partial charge is 0.377 e. The van der Waals surface area contributed by atoms with Crippen molar-refractivity contribution in [1.29, 1.82) is 0 Å². The molecule has 0 radical (unpaired) electrons. The van der Waals surface area contributed by atoms with Gasteiger partial charge in [0.05, 0.1) is 6.10 Å². The molecule has 1 saturated heterocycles. The quantitative estimate of drug-likeness (QED) is 0.910. The van der Waals surface area contributed by atoms with Crippen molar-refractivity contribution in [2.24, 2.45) is 5.73 Å². The minimum Gasteiger partial charge on any atom is -0.377 e. The Hall–Kier alpha value is -0.580. The number of pyridine rings is 1. The lowest BCUT2D eigenvalue weighted by Crippen LogP contribution is -2.14. The molecule has 2 N–H and O–H groups in total. The molecule has 0 bridgehead atoms. The maximum atomic E-state index is 5.87. The predicted octanol–water partition coefficient (Wildman–Crippen LogP) is 2.30. The summed E-state index contributed by atoms with van der Waals surface area (Å²) in [5.41, 5.74) is 9.78. The predicted molar refractivity (Wildman–Crippen MR) is 73.8 cm³/mol. The van der Waals surface area contributed by atoms with Gasteiger partial charge < -0.3 is 10.5 Å². The van der Waals surface area contributed by atoms with Crippen molar-refractivity contribution in [2.75, 3.05) is 6.61 Å². The number of nitrogens with two attached hydrogens (primary N) is 1. The van der Waals surface area contributed by atoms with E-state index in [9.17, 15) is 0 Å². The first kappa shape index (κ1) is 12.5. The van der Waals surface area contributed by atoms with Crippen molar-refractivity contribution in [1.82, 2.24) is 4.98 Å². The van der Waals surface area contributed by atoms with Crippen LogP contribution in [-0.4, -0.2) is 22.9 Å². The lowest BCUT2D eigenvalue weighted by Gasteiger charge is -2.16. The van der Waals surface area contributed by atoms with Crippen molar-refractivity contribution in [3.8, 4) is 0 Å². The number of nitrogens with zero attached hydrogens (tertiary/aromatic N) is 1. The van der Waals surface area contributed by atoms with Gasteiger partial charge in [-0.05, 0) is 43.7 Å². The highest BCUT2D eigenvalue weighted by atomic mass is 32.2. The Morgan fingerprint density at radius 3 is 3.11 bits per heavy atom. The van der Waals surface area contributed by atoms with Gasteiger partial charge in [0.15, 0.2) is 0 Å². The van der Waals surface area contributed by atoms with E-state index < -0.39 is 0 Å². The van der Waals surface area contributed by atoms with Crippen LogP contribution in [-0.2, 0) is 24.1 Å². The molecule has 18 heavy (non-hydrogen) atoms. The molecule has 2 unspecified atom stereocenters. The van der Waals surface area contributed by atoms with Gasteiger partial charge in [-0.1, -0.05) is 17.8 Å². The smallest absolute Gasteiger partial charge is 0.101 e. The molecule has 1 aromatic heterocycles. The molecule has 1 aromatic rings. The van der Waals surface area contributed by atoms with Crippen LogP contribution < -0.4 is 5.73 Å². The fourth-order valence-electron chi connectivity index (χ4n) is 2.76. The van der Waals surface area contributed by atoms with Gasteiger partial charge in [0.2, 0.25) is 0 Å². The molecule has 0 aromatic carbocycles. The number of rotatable bonds is 3. The molecule has 1 fully saturated rings. The number of thioether (sulfide) groups is 1. The van der Waals surface area contributed by atoms with Gasteiger partial charge in [-0.3, -0.25) is 0 Å². The summed E-state index contributed by atoms with van der Waals surface area (Å²) in [6.07, 6.45) is 4.99. The topological polar surface area (TPSA) is 48.1 Å². The molecule has 1 aliphatic heterocycles. The van der Waals surface area contributed by atoms with E-state index in [0.717, 1.165) is 24.5 Å². The average molecular weight is 264 g/mol. The van der Waals surface area contributed by atoms with Gasteiger partial charge in [-0.25, -0.2) is 4.98 Å². The molecule has 4 heteroatoms. The molecule has 3 nitrogen and oxygen atoms in total. The lowest BCUT2D eigenvalue weighted by molar-refractivity contribution is 0.127. The van der Waals surface area contributed by atoms with Gasteiger partial charge in [0.1, 0.15) is 5.03 Å². The third-order valence-electron chi connectivity index (χ3n) is 3.88. The van der Waals surface area contributed by atoms with Crippen LogP contribution in [0.1, 0.15) is 36.6 Å². The minimum atomic E-state index is 0.329. The van der Waals surface area contributed by atoms with Crippen molar-refractivity contribution in [3.05, 3.63) is 22.9 Å². The lowest BCUT2D eigenvalue weighted by atomic mass is 10.1. The van der Waals surface area contributed by atoms with E-state index in [1.54, 1.807) is 0 Å². The van der Waals surface area contributed by atoms with Gasteiger partial charge in [0.25, 0.3) is 0 Å². The monoisotopic (exact) mass is 264 g/mol. The summed E-state index contributed by atoms with van der Waals surface area (Å²) < 4.78 is 5.62. The maximum absolute atomic E-state index is 5.87. The number of aromatic nitrogens is 1. The highest BCUT2D eigenvalue weighted by Gasteiger charge is 2.27. The van der Waals surface area contributed by atoms with Gasteiger partial charge in [0, 0.05) is 24.1 Å². The van der Waals surface area contributed by atoms with Crippen LogP contribution in [0.5, 0.6) is 0 Å². The summed E-state index contributed by atoms with van der Waals surface area (Å²) >= 11 is 1.86. The normalized spacial score (nSPS) is 26.6. The van der Waals surface area contributed by atoms with Crippen LogP contribution in [0.25, 0.3) is 0 Å². The van der Waals surface area contributed by atoms with E-state index in [2.05, 4.69) is 13.0 Å². The Labute approximate surface area is 113 Å². The Kier molecular flexibility index (Phi) is 3.59. The number of fused-ring (bicyclic) bond motifs is 1. The molecule has 0 saturated carbocycles. The minimum absolute atomic E-state index is 0.329. The SMILES string of the molecule is CC1OCCC1Sc1nc2c(cc1CN)CCC2. The van der Waals surface area contributed by atoms with Crippen molar-refractivity contribution < 1.29 is 4.74 Å². The molecule has 0 amide bonds. The zero-order valence-electron chi connectivity index (χ0n) is 10.8. The standard InChI is InChI=1S/C14H20N2OS/c1-9-13(5-6-17-9)18-14-11(8-15)7-10-3-2-4-12(10)16-14/h7,9,13H,2-6,8,15H2,1H3. The molecule has 3 rings (SSSR count). The molecular weight excluding hydrogens is 244 g/mol. The second kappa shape index (κ2) is 5.19. The molecule has 2 aliphatic rings. The van der Waals surface area contributed by atoms with Crippen LogP contribution >= 0.6 is 11.8 Å². The van der Waals surface area contributed by atoms with E-state index in [4.69, 9.17) is 15.5 Å². The summed E-state index contributed by atoms with van der Waals surface area (Å²) in [5, 5.41) is 1.67. The first-order valence-electron chi connectivity index (χ1n) is 6.78. The first-order valence-corrected chi connectivity index (χ1v) is 7.66. The molecule has 2 atom stereocenters. The van der Waals surface area contributed by atoms with Crippen LogP contribution in [0.2, 0.25) is 0 Å². The third-order valence-corrected chi connectivity index (χ3v) is 5.38. The van der Waals surface area contributed by atoms with E-state index in [1.165, 1.54) is 29.7 Å². The number of ether oxygens (including phenoxy) is 1. The summed E-state index contributed by atoms with van der Waals surface area (Å²) in [4.78, 5) is 4.85. The van der Waals surface area contributed by atoms with Crippen molar-refractivity contribution >= 4 is 11.8 Å². The van der Waals surface area contributed by atoms with Crippen molar-refractivity contribution in [2.45, 2.75) is 55.5 Å². The highest BCUT2D eigenvalue weighted by Crippen LogP contribution is 2.35. The zero-order chi connectivity index (χ0) is 12.5. The second-order valence-corrected chi connectivity index (χ2v) is 6.36. The maximum Gasteiger partial charge on any atom is 0.101 e. The van der Waals surface area contributed by atoms with E-state index in [1.807, 2.05) is 11.8 Å². The van der Waals surface area contributed by atoms with Crippen LogP contribution in [0.3, 0.4) is 0 Å². The Balaban J connectivity index is 1.86. The van der Waals surface area contributed by atoms with E-state index in [0.29, 0.717) is 17.9 Å². The van der Waals surface area contributed by atoms with Gasteiger partial charge >= 0.3 is 0 Å². The van der Waals surface area contributed by atoms with Gasteiger partial charge in [-0.15, -0.1) is 0 Å². The summed E-state index contributed by atoms with van der Waals surface area (Å²) in [6, 6.07) is 2.28.